The molecule has 4 nitrogen and oxygen atoms in total. The largest absolute Gasteiger partial charge is 0.493 e. The van der Waals surface area contributed by atoms with Gasteiger partial charge in [-0.2, -0.15) is 11.8 Å². The number of aliphatic carboxylic acids is 1. The molecule has 1 saturated carbocycles. The number of rotatable bonds is 5. The van der Waals surface area contributed by atoms with E-state index in [4.69, 9.17) is 9.47 Å². The predicted octanol–water partition coefficient (Wildman–Crippen LogP) is 2.70. The quantitative estimate of drug-likeness (QED) is 0.905. The first-order valence-corrected chi connectivity index (χ1v) is 7.98. The lowest BCUT2D eigenvalue weighted by molar-refractivity contribution is -0.147. The van der Waals surface area contributed by atoms with Crippen molar-refractivity contribution in [2.75, 3.05) is 18.6 Å². The van der Waals surface area contributed by atoms with Crippen molar-refractivity contribution in [1.29, 1.82) is 0 Å². The van der Waals surface area contributed by atoms with Crippen LogP contribution in [0.3, 0.4) is 0 Å². The maximum atomic E-state index is 11.7. The van der Waals surface area contributed by atoms with Gasteiger partial charge in [0.05, 0.1) is 12.5 Å². The number of thioether (sulfide) groups is 1. The van der Waals surface area contributed by atoms with Crippen molar-refractivity contribution in [2.24, 2.45) is 0 Å². The highest BCUT2D eigenvalue weighted by molar-refractivity contribution is 8.00. The predicted molar refractivity (Wildman–Crippen MR) is 77.9 cm³/mol. The molecular formula is C15H18O4S. The number of carboxylic acids is 1. The van der Waals surface area contributed by atoms with E-state index in [-0.39, 0.29) is 6.10 Å². The molecule has 5 heteroatoms. The second-order valence-electron chi connectivity index (χ2n) is 5.36. The Morgan fingerprint density at radius 1 is 1.40 bits per heavy atom. The maximum absolute atomic E-state index is 11.7. The van der Waals surface area contributed by atoms with Crippen molar-refractivity contribution in [3.8, 4) is 11.5 Å². The summed E-state index contributed by atoms with van der Waals surface area (Å²) in [6.45, 7) is 0. The summed E-state index contributed by atoms with van der Waals surface area (Å²) in [5.74, 6) is 2.41. The number of hydrogen-bond acceptors (Lipinski definition) is 4. The molecule has 1 saturated heterocycles. The number of benzene rings is 1. The Kier molecular flexibility index (Phi) is 3.54. The van der Waals surface area contributed by atoms with E-state index in [0.717, 1.165) is 23.5 Å². The van der Waals surface area contributed by atoms with Crippen LogP contribution in [0.25, 0.3) is 0 Å². The Bertz CT molecular complexity index is 521. The van der Waals surface area contributed by atoms with Gasteiger partial charge in [-0.15, -0.1) is 0 Å². The molecular weight excluding hydrogens is 276 g/mol. The van der Waals surface area contributed by atoms with Gasteiger partial charge in [-0.05, 0) is 18.9 Å². The summed E-state index contributed by atoms with van der Waals surface area (Å²) in [5.41, 5.74) is -0.0201. The van der Waals surface area contributed by atoms with Crippen LogP contribution in [0.2, 0.25) is 0 Å². The smallest absolute Gasteiger partial charge is 0.314 e. The van der Waals surface area contributed by atoms with Crippen LogP contribution in [0.5, 0.6) is 11.5 Å². The lowest BCUT2D eigenvalue weighted by Gasteiger charge is -2.40. The maximum Gasteiger partial charge on any atom is 0.314 e. The molecule has 0 bridgehead atoms. The van der Waals surface area contributed by atoms with Gasteiger partial charge >= 0.3 is 5.97 Å². The number of hydrogen-bond donors (Lipinski definition) is 1. The first kappa shape index (κ1) is 13.6. The number of para-hydroxylation sites is 1. The third-order valence-electron chi connectivity index (χ3n) is 4.22. The van der Waals surface area contributed by atoms with Gasteiger partial charge in [0, 0.05) is 17.1 Å². The van der Waals surface area contributed by atoms with Gasteiger partial charge in [0.15, 0.2) is 11.5 Å². The molecule has 1 heterocycles. The molecule has 0 aromatic heterocycles. The number of methoxy groups -OCH3 is 1. The average molecular weight is 294 g/mol. The van der Waals surface area contributed by atoms with E-state index in [1.54, 1.807) is 7.11 Å². The fourth-order valence-electron chi connectivity index (χ4n) is 2.75. The highest BCUT2D eigenvalue weighted by Gasteiger charge is 2.48. The molecule has 1 N–H and O–H groups in total. The topological polar surface area (TPSA) is 55.8 Å². The van der Waals surface area contributed by atoms with Crippen LogP contribution in [0.4, 0.5) is 0 Å². The number of ether oxygens (including phenoxy) is 2. The fourth-order valence-corrected chi connectivity index (χ4v) is 3.32. The lowest BCUT2D eigenvalue weighted by Crippen LogP contribution is -2.43. The van der Waals surface area contributed by atoms with Gasteiger partial charge in [0.1, 0.15) is 6.10 Å². The van der Waals surface area contributed by atoms with Crippen LogP contribution in [0, 0.1) is 0 Å². The zero-order valence-electron chi connectivity index (χ0n) is 11.4. The van der Waals surface area contributed by atoms with E-state index in [1.165, 1.54) is 0 Å². The molecule has 0 radical (unpaired) electrons. The first-order valence-electron chi connectivity index (χ1n) is 6.82. The molecule has 20 heavy (non-hydrogen) atoms. The van der Waals surface area contributed by atoms with Crippen molar-refractivity contribution < 1.29 is 19.4 Å². The summed E-state index contributed by atoms with van der Waals surface area (Å²) in [7, 11) is 1.59. The van der Waals surface area contributed by atoms with Crippen LogP contribution in [0.1, 0.15) is 24.8 Å². The molecule has 1 aromatic carbocycles. The minimum absolute atomic E-state index is 0.168. The van der Waals surface area contributed by atoms with Crippen molar-refractivity contribution in [2.45, 2.75) is 30.8 Å². The Hall–Kier alpha value is -1.36. The summed E-state index contributed by atoms with van der Waals surface area (Å²) in [6.07, 6.45) is 2.46. The fraction of sp³-hybridized carbons (Fsp3) is 0.533. The van der Waals surface area contributed by atoms with Gasteiger partial charge in [0.25, 0.3) is 0 Å². The Morgan fingerprint density at radius 3 is 2.60 bits per heavy atom. The number of carbonyl (C=O) groups is 1. The van der Waals surface area contributed by atoms with E-state index in [0.29, 0.717) is 24.3 Å². The summed E-state index contributed by atoms with van der Waals surface area (Å²) in [5, 5.41) is 9.63. The van der Waals surface area contributed by atoms with Crippen LogP contribution in [0.15, 0.2) is 18.2 Å². The van der Waals surface area contributed by atoms with Gasteiger partial charge < -0.3 is 14.6 Å². The zero-order chi connectivity index (χ0) is 14.2. The second-order valence-corrected chi connectivity index (χ2v) is 6.43. The molecule has 0 atom stereocenters. The average Bonchev–Trinajstić information content (AvgIpc) is 2.32. The highest BCUT2D eigenvalue weighted by Crippen LogP contribution is 2.50. The van der Waals surface area contributed by atoms with E-state index in [1.807, 2.05) is 30.0 Å². The monoisotopic (exact) mass is 294 g/mol. The van der Waals surface area contributed by atoms with Gasteiger partial charge in [0.2, 0.25) is 0 Å². The van der Waals surface area contributed by atoms with Crippen LogP contribution >= 0.6 is 11.8 Å². The van der Waals surface area contributed by atoms with Gasteiger partial charge in [-0.3, -0.25) is 4.79 Å². The third-order valence-corrected chi connectivity index (χ3v) is 5.44. The van der Waals surface area contributed by atoms with E-state index < -0.39 is 11.4 Å². The molecule has 1 aromatic rings. The minimum Gasteiger partial charge on any atom is -0.493 e. The summed E-state index contributed by atoms with van der Waals surface area (Å²) < 4.78 is 11.4. The third kappa shape index (κ3) is 2.04. The Morgan fingerprint density at radius 2 is 2.15 bits per heavy atom. The molecule has 1 aliphatic carbocycles. The highest BCUT2D eigenvalue weighted by atomic mass is 32.2. The van der Waals surface area contributed by atoms with Crippen molar-refractivity contribution >= 4 is 17.7 Å². The summed E-state index contributed by atoms with van der Waals surface area (Å²) in [4.78, 5) is 11.7. The van der Waals surface area contributed by atoms with E-state index >= 15 is 0 Å². The molecule has 1 aliphatic heterocycles. The first-order chi connectivity index (χ1) is 9.67. The SMILES string of the molecule is COc1cccc(C2(C(=O)O)CCC2)c1OC1CSC1. The molecule has 0 amide bonds. The van der Waals surface area contributed by atoms with Crippen LogP contribution in [-0.2, 0) is 10.2 Å². The molecule has 0 unspecified atom stereocenters. The minimum atomic E-state index is -0.791. The number of carboxylic acid groups (broad SMARTS) is 1. The Labute approximate surface area is 122 Å². The van der Waals surface area contributed by atoms with Crippen molar-refractivity contribution in [3.63, 3.8) is 0 Å². The molecule has 108 valence electrons. The Balaban J connectivity index is 2.02. The van der Waals surface area contributed by atoms with Crippen LogP contribution < -0.4 is 9.47 Å². The van der Waals surface area contributed by atoms with Crippen molar-refractivity contribution in [1.82, 2.24) is 0 Å². The van der Waals surface area contributed by atoms with E-state index in [9.17, 15) is 9.90 Å². The van der Waals surface area contributed by atoms with Gasteiger partial charge in [-0.25, -0.2) is 0 Å². The molecule has 2 fully saturated rings. The van der Waals surface area contributed by atoms with Crippen molar-refractivity contribution in [3.05, 3.63) is 23.8 Å². The van der Waals surface area contributed by atoms with E-state index in [2.05, 4.69) is 0 Å². The molecule has 0 spiro atoms. The lowest BCUT2D eigenvalue weighted by atomic mass is 9.64. The zero-order valence-corrected chi connectivity index (χ0v) is 12.2. The summed E-state index contributed by atoms with van der Waals surface area (Å²) >= 11 is 1.84. The standard InChI is InChI=1S/C15H18O4S/c1-18-12-5-2-4-11(13(12)19-10-8-20-9-10)15(14(16)17)6-3-7-15/h2,4-5,10H,3,6-9H2,1H3,(H,16,17). The van der Waals surface area contributed by atoms with Gasteiger partial charge in [-0.1, -0.05) is 18.6 Å². The normalized spacial score (nSPS) is 20.6. The van der Waals surface area contributed by atoms with Crippen LogP contribution in [-0.4, -0.2) is 35.8 Å². The summed E-state index contributed by atoms with van der Waals surface area (Å²) in [6, 6.07) is 5.55. The second kappa shape index (κ2) is 5.20. The molecule has 2 aliphatic rings. The molecule has 3 rings (SSSR count).